The fourth-order valence-electron chi connectivity index (χ4n) is 3.31. The van der Waals surface area contributed by atoms with Gasteiger partial charge in [-0.15, -0.1) is 0 Å². The largest absolute Gasteiger partial charge is 0.486 e. The number of benzene rings is 3. The molecule has 0 saturated carbocycles. The van der Waals surface area contributed by atoms with Crippen molar-refractivity contribution in [3.05, 3.63) is 99.2 Å². The van der Waals surface area contributed by atoms with Crippen LogP contribution in [-0.2, 0) is 16.2 Å². The number of ether oxygens (including phenoxy) is 1. The summed E-state index contributed by atoms with van der Waals surface area (Å²) in [5.41, 5.74) is 0.913. The Kier molecular flexibility index (Phi) is 7.52. The highest BCUT2D eigenvalue weighted by Crippen LogP contribution is 2.35. The Labute approximate surface area is 214 Å². The van der Waals surface area contributed by atoms with E-state index >= 15 is 0 Å². The molecule has 11 heteroatoms. The first-order chi connectivity index (χ1) is 17.2. The third kappa shape index (κ3) is 5.81. The molecule has 3 aromatic carbocycles. The number of imide groups is 1. The fraction of sp³-hybridized carbons (Fsp3) is 0.0800. The lowest BCUT2D eigenvalue weighted by molar-refractivity contribution is -0.127. The van der Waals surface area contributed by atoms with E-state index in [-0.39, 0.29) is 39.6 Å². The van der Waals surface area contributed by atoms with Gasteiger partial charge in [0.05, 0.1) is 15.7 Å². The molecule has 0 radical (unpaired) electrons. The number of hydrogen-bond acceptors (Lipinski definition) is 4. The minimum Gasteiger partial charge on any atom is -0.486 e. The van der Waals surface area contributed by atoms with Crippen molar-refractivity contribution in [1.82, 2.24) is 10.2 Å². The summed E-state index contributed by atoms with van der Waals surface area (Å²) in [5.74, 6) is -2.34. The number of carbonyl (C=O) groups excluding carboxylic acids is 3. The SMILES string of the molecule is O=C(CN1C(=O)N/C(=C/c2cc(Cl)c(OCc3ccc(F)cc3)c(Cl)c2)C1=O)Nc1ccccc1F. The van der Waals surface area contributed by atoms with Gasteiger partial charge in [0.25, 0.3) is 5.91 Å². The maximum absolute atomic E-state index is 13.7. The summed E-state index contributed by atoms with van der Waals surface area (Å²) in [6.07, 6.45) is 1.34. The molecule has 0 unspecified atom stereocenters. The van der Waals surface area contributed by atoms with Crippen molar-refractivity contribution in [2.75, 3.05) is 11.9 Å². The molecule has 2 N–H and O–H groups in total. The quantitative estimate of drug-likeness (QED) is 0.316. The lowest BCUT2D eigenvalue weighted by Gasteiger charge is -2.12. The molecular weight excluding hydrogens is 515 g/mol. The Bertz CT molecular complexity index is 1360. The monoisotopic (exact) mass is 531 g/mol. The van der Waals surface area contributed by atoms with Crippen molar-refractivity contribution < 1.29 is 27.9 Å². The second-order valence-electron chi connectivity index (χ2n) is 7.64. The van der Waals surface area contributed by atoms with Crippen molar-refractivity contribution in [1.29, 1.82) is 0 Å². The molecule has 1 saturated heterocycles. The summed E-state index contributed by atoms with van der Waals surface area (Å²) in [5, 5.41) is 4.99. The molecular formula is C25H17Cl2F2N3O4. The van der Waals surface area contributed by atoms with Crippen LogP contribution in [0.5, 0.6) is 5.75 Å². The van der Waals surface area contributed by atoms with Crippen molar-refractivity contribution in [2.45, 2.75) is 6.61 Å². The van der Waals surface area contributed by atoms with Gasteiger partial charge < -0.3 is 15.4 Å². The molecule has 7 nitrogen and oxygen atoms in total. The van der Waals surface area contributed by atoms with Gasteiger partial charge in [-0.1, -0.05) is 47.5 Å². The molecule has 36 heavy (non-hydrogen) atoms. The van der Waals surface area contributed by atoms with E-state index in [1.807, 2.05) is 0 Å². The van der Waals surface area contributed by atoms with Gasteiger partial charge in [0.1, 0.15) is 30.5 Å². The normalized spacial score (nSPS) is 14.2. The van der Waals surface area contributed by atoms with Crippen LogP contribution < -0.4 is 15.4 Å². The second-order valence-corrected chi connectivity index (χ2v) is 8.45. The first-order valence-electron chi connectivity index (χ1n) is 10.5. The minimum atomic E-state index is -0.814. The minimum absolute atomic E-state index is 0.0728. The van der Waals surface area contributed by atoms with Gasteiger partial charge in [0.15, 0.2) is 5.75 Å². The zero-order valence-corrected chi connectivity index (χ0v) is 19.9. The van der Waals surface area contributed by atoms with E-state index < -0.39 is 30.2 Å². The Morgan fingerprint density at radius 2 is 1.69 bits per heavy atom. The average molecular weight is 532 g/mol. The van der Waals surface area contributed by atoms with Crippen molar-refractivity contribution >= 4 is 52.8 Å². The standard InChI is InChI=1S/C25H17Cl2F2N3O4/c26-17-9-15(10-18(27)23(17)36-13-14-5-7-16(28)8-6-14)11-21-24(34)32(25(35)31-21)12-22(33)30-20-4-2-1-3-19(20)29/h1-11H,12-13H2,(H,30,33)(H,31,35)/b21-11+. The Hall–Kier alpha value is -3.95. The maximum Gasteiger partial charge on any atom is 0.329 e. The van der Waals surface area contributed by atoms with Crippen LogP contribution in [0.25, 0.3) is 6.08 Å². The van der Waals surface area contributed by atoms with E-state index in [2.05, 4.69) is 10.6 Å². The first-order valence-corrected chi connectivity index (χ1v) is 11.2. The van der Waals surface area contributed by atoms with Crippen LogP contribution in [-0.4, -0.2) is 29.3 Å². The predicted molar refractivity (Wildman–Crippen MR) is 130 cm³/mol. The summed E-state index contributed by atoms with van der Waals surface area (Å²) in [7, 11) is 0. The third-order valence-corrected chi connectivity index (χ3v) is 5.60. The fourth-order valence-corrected chi connectivity index (χ4v) is 3.93. The van der Waals surface area contributed by atoms with Crippen LogP contribution in [0.3, 0.4) is 0 Å². The van der Waals surface area contributed by atoms with Gasteiger partial charge >= 0.3 is 6.03 Å². The van der Waals surface area contributed by atoms with E-state index in [0.717, 1.165) is 0 Å². The zero-order valence-electron chi connectivity index (χ0n) is 18.4. The number of anilines is 1. The smallest absolute Gasteiger partial charge is 0.329 e. The molecule has 1 aliphatic rings. The number of rotatable bonds is 7. The lowest BCUT2D eigenvalue weighted by atomic mass is 10.1. The topological polar surface area (TPSA) is 87.7 Å². The Balaban J connectivity index is 1.44. The highest BCUT2D eigenvalue weighted by Gasteiger charge is 2.35. The van der Waals surface area contributed by atoms with Crippen LogP contribution in [0.1, 0.15) is 11.1 Å². The van der Waals surface area contributed by atoms with Crippen LogP contribution in [0, 0.1) is 11.6 Å². The second kappa shape index (κ2) is 10.8. The van der Waals surface area contributed by atoms with Crippen LogP contribution in [0.4, 0.5) is 19.3 Å². The predicted octanol–water partition coefficient (Wildman–Crippen LogP) is 5.38. The molecule has 0 aromatic heterocycles. The highest BCUT2D eigenvalue weighted by molar-refractivity contribution is 6.37. The highest BCUT2D eigenvalue weighted by atomic mass is 35.5. The van der Waals surface area contributed by atoms with Gasteiger partial charge in [-0.25, -0.2) is 18.5 Å². The number of urea groups is 1. The molecule has 1 heterocycles. The van der Waals surface area contributed by atoms with Crippen LogP contribution >= 0.6 is 23.2 Å². The van der Waals surface area contributed by atoms with Gasteiger partial charge in [0.2, 0.25) is 5.91 Å². The number of nitrogens with zero attached hydrogens (tertiary/aromatic N) is 1. The van der Waals surface area contributed by atoms with Gasteiger partial charge in [-0.05, 0) is 53.6 Å². The van der Waals surface area contributed by atoms with Gasteiger partial charge in [-0.2, -0.15) is 0 Å². The molecule has 0 bridgehead atoms. The van der Waals surface area contributed by atoms with Crippen molar-refractivity contribution in [3.63, 3.8) is 0 Å². The molecule has 4 amide bonds. The van der Waals surface area contributed by atoms with E-state index in [1.54, 1.807) is 12.1 Å². The van der Waals surface area contributed by atoms with E-state index in [9.17, 15) is 23.2 Å². The van der Waals surface area contributed by atoms with Gasteiger partial charge in [0, 0.05) is 0 Å². The molecule has 0 spiro atoms. The molecule has 1 fully saturated rings. The van der Waals surface area contributed by atoms with Crippen molar-refractivity contribution in [3.8, 4) is 5.75 Å². The number of hydrogen-bond donors (Lipinski definition) is 2. The average Bonchev–Trinajstić information content (AvgIpc) is 3.08. The van der Waals surface area contributed by atoms with E-state index in [1.165, 1.54) is 54.6 Å². The van der Waals surface area contributed by atoms with Crippen LogP contribution in [0.15, 0.2) is 66.4 Å². The maximum atomic E-state index is 13.7. The summed E-state index contributed by atoms with van der Waals surface area (Å²) < 4.78 is 32.4. The summed E-state index contributed by atoms with van der Waals surface area (Å²) in [6, 6.07) is 13.4. The van der Waals surface area contributed by atoms with E-state index in [0.29, 0.717) is 16.0 Å². The molecule has 0 aliphatic carbocycles. The number of carbonyl (C=O) groups is 3. The van der Waals surface area contributed by atoms with E-state index in [4.69, 9.17) is 27.9 Å². The lowest BCUT2D eigenvalue weighted by Crippen LogP contribution is -2.38. The number of halogens is 4. The van der Waals surface area contributed by atoms with Crippen LogP contribution in [0.2, 0.25) is 10.0 Å². The third-order valence-electron chi connectivity index (χ3n) is 5.04. The molecule has 3 aromatic rings. The van der Waals surface area contributed by atoms with Crippen molar-refractivity contribution in [2.24, 2.45) is 0 Å². The number of amides is 4. The zero-order chi connectivity index (χ0) is 25.8. The summed E-state index contributed by atoms with van der Waals surface area (Å²) in [4.78, 5) is 37.9. The molecule has 0 atom stereocenters. The molecule has 184 valence electrons. The summed E-state index contributed by atoms with van der Waals surface area (Å²) >= 11 is 12.6. The number of nitrogens with one attached hydrogen (secondary N) is 2. The van der Waals surface area contributed by atoms with Gasteiger partial charge in [-0.3, -0.25) is 9.59 Å². The molecule has 4 rings (SSSR count). The molecule has 1 aliphatic heterocycles. The Morgan fingerprint density at radius 1 is 1.03 bits per heavy atom. The summed E-state index contributed by atoms with van der Waals surface area (Å²) in [6.45, 7) is -0.521. The number of para-hydroxylation sites is 1. The Morgan fingerprint density at radius 3 is 2.36 bits per heavy atom. The first kappa shape index (κ1) is 25.2.